The Kier molecular flexibility index (Phi) is 10.8. The van der Waals surface area contributed by atoms with E-state index >= 15 is 0 Å². The molecule has 2 amide bonds. The van der Waals surface area contributed by atoms with E-state index in [0.717, 1.165) is 16.7 Å². The van der Waals surface area contributed by atoms with Crippen molar-refractivity contribution in [2.45, 2.75) is 45.7 Å². The van der Waals surface area contributed by atoms with Crippen LogP contribution in [0.1, 0.15) is 37.0 Å². The van der Waals surface area contributed by atoms with Crippen LogP contribution in [0.2, 0.25) is 5.02 Å². The minimum Gasteiger partial charge on any atom is -0.490 e. The Labute approximate surface area is 224 Å². The molecular formula is C30H35ClN2O4. The summed E-state index contributed by atoms with van der Waals surface area (Å²) in [7, 11) is 1.59. The smallest absolute Gasteiger partial charge is 0.242 e. The molecule has 0 unspecified atom stereocenters. The SMILES string of the molecule is CCOc1ccc(CCC(=O)N(Cc2ccccc2Cl)[C@@H](Cc2ccccc2)C(=O)NC)cc1OCC. The zero-order valence-electron chi connectivity index (χ0n) is 21.7. The van der Waals surface area contributed by atoms with Gasteiger partial charge in [0.1, 0.15) is 6.04 Å². The number of halogens is 1. The molecule has 1 N–H and O–H groups in total. The highest BCUT2D eigenvalue weighted by molar-refractivity contribution is 6.31. The van der Waals surface area contributed by atoms with E-state index in [1.54, 1.807) is 18.0 Å². The van der Waals surface area contributed by atoms with Gasteiger partial charge in [0, 0.05) is 31.5 Å². The number of likely N-dealkylation sites (N-methyl/N-ethyl adjacent to an activating group) is 1. The molecule has 3 rings (SSSR count). The first-order chi connectivity index (χ1) is 18.0. The molecule has 37 heavy (non-hydrogen) atoms. The van der Waals surface area contributed by atoms with Crippen LogP contribution in [0.25, 0.3) is 0 Å². The van der Waals surface area contributed by atoms with Crippen LogP contribution in [-0.2, 0) is 29.0 Å². The number of hydrogen-bond donors (Lipinski definition) is 1. The minimum atomic E-state index is -0.685. The van der Waals surface area contributed by atoms with Crippen LogP contribution in [0.3, 0.4) is 0 Å². The van der Waals surface area contributed by atoms with Crippen molar-refractivity contribution in [3.8, 4) is 11.5 Å². The summed E-state index contributed by atoms with van der Waals surface area (Å²) in [5.74, 6) is 0.997. The predicted octanol–water partition coefficient (Wildman–Crippen LogP) is 5.46. The Hall–Kier alpha value is -3.51. The van der Waals surface area contributed by atoms with Gasteiger partial charge in [0.05, 0.1) is 13.2 Å². The Morgan fingerprint density at radius 3 is 2.24 bits per heavy atom. The van der Waals surface area contributed by atoms with Gasteiger partial charge in [-0.3, -0.25) is 9.59 Å². The highest BCUT2D eigenvalue weighted by Gasteiger charge is 2.30. The summed E-state index contributed by atoms with van der Waals surface area (Å²) < 4.78 is 11.4. The molecule has 3 aromatic rings. The summed E-state index contributed by atoms with van der Waals surface area (Å²) in [6.45, 7) is 5.13. The molecule has 0 aliphatic carbocycles. The van der Waals surface area contributed by atoms with E-state index < -0.39 is 6.04 Å². The lowest BCUT2D eigenvalue weighted by molar-refractivity contribution is -0.141. The summed E-state index contributed by atoms with van der Waals surface area (Å²) in [6.07, 6.45) is 1.12. The van der Waals surface area contributed by atoms with Crippen molar-refractivity contribution in [3.05, 3.63) is 94.5 Å². The second-order valence-electron chi connectivity index (χ2n) is 8.58. The summed E-state index contributed by atoms with van der Waals surface area (Å²) >= 11 is 6.45. The Bertz CT molecular complexity index is 1170. The van der Waals surface area contributed by atoms with Crippen LogP contribution in [-0.4, -0.2) is 43.0 Å². The monoisotopic (exact) mass is 522 g/mol. The fourth-order valence-electron chi connectivity index (χ4n) is 4.18. The van der Waals surface area contributed by atoms with Crippen LogP contribution in [0, 0.1) is 0 Å². The van der Waals surface area contributed by atoms with Crippen molar-refractivity contribution in [2.75, 3.05) is 20.3 Å². The quantitative estimate of drug-likeness (QED) is 0.324. The summed E-state index contributed by atoms with van der Waals surface area (Å²) in [6, 6.07) is 22.2. The van der Waals surface area contributed by atoms with Crippen LogP contribution in [0.5, 0.6) is 11.5 Å². The molecule has 0 heterocycles. The Balaban J connectivity index is 1.87. The van der Waals surface area contributed by atoms with Gasteiger partial charge in [-0.25, -0.2) is 0 Å². The fourth-order valence-corrected chi connectivity index (χ4v) is 4.37. The Morgan fingerprint density at radius 2 is 1.57 bits per heavy atom. The maximum Gasteiger partial charge on any atom is 0.242 e. The average molecular weight is 523 g/mol. The molecule has 0 saturated carbocycles. The van der Waals surface area contributed by atoms with E-state index in [9.17, 15) is 9.59 Å². The molecule has 0 aliphatic rings. The van der Waals surface area contributed by atoms with Gasteiger partial charge in [0.25, 0.3) is 0 Å². The third-order valence-corrected chi connectivity index (χ3v) is 6.42. The molecule has 0 fully saturated rings. The first kappa shape index (κ1) is 28.1. The van der Waals surface area contributed by atoms with E-state index in [0.29, 0.717) is 42.6 Å². The number of nitrogens with zero attached hydrogens (tertiary/aromatic N) is 1. The van der Waals surface area contributed by atoms with Crippen LogP contribution >= 0.6 is 11.6 Å². The number of benzene rings is 3. The first-order valence-corrected chi connectivity index (χ1v) is 13.0. The van der Waals surface area contributed by atoms with E-state index in [1.165, 1.54) is 0 Å². The number of carbonyl (C=O) groups excluding carboxylic acids is 2. The molecule has 0 bridgehead atoms. The molecule has 1 atom stereocenters. The average Bonchev–Trinajstić information content (AvgIpc) is 2.92. The first-order valence-electron chi connectivity index (χ1n) is 12.6. The highest BCUT2D eigenvalue weighted by Crippen LogP contribution is 2.29. The van der Waals surface area contributed by atoms with Gasteiger partial charge in [-0.05, 0) is 55.2 Å². The number of rotatable bonds is 13. The number of ether oxygens (including phenoxy) is 2. The molecule has 6 nitrogen and oxygen atoms in total. The number of carbonyl (C=O) groups is 2. The van der Waals surface area contributed by atoms with Gasteiger partial charge < -0.3 is 19.7 Å². The molecule has 0 saturated heterocycles. The summed E-state index contributed by atoms with van der Waals surface area (Å²) in [5, 5.41) is 3.30. The maximum absolute atomic E-state index is 13.7. The number of amides is 2. The van der Waals surface area contributed by atoms with Gasteiger partial charge in [0.2, 0.25) is 11.8 Å². The lowest BCUT2D eigenvalue weighted by Gasteiger charge is -2.31. The van der Waals surface area contributed by atoms with Gasteiger partial charge >= 0.3 is 0 Å². The molecule has 0 aromatic heterocycles. The number of nitrogens with one attached hydrogen (secondary N) is 1. The van der Waals surface area contributed by atoms with Crippen LogP contribution in [0.4, 0.5) is 0 Å². The highest BCUT2D eigenvalue weighted by atomic mass is 35.5. The van der Waals surface area contributed by atoms with Crippen molar-refractivity contribution in [3.63, 3.8) is 0 Å². The normalized spacial score (nSPS) is 11.5. The molecular weight excluding hydrogens is 488 g/mol. The number of hydrogen-bond acceptors (Lipinski definition) is 4. The van der Waals surface area contributed by atoms with Gasteiger partial charge in [-0.15, -0.1) is 0 Å². The second-order valence-corrected chi connectivity index (χ2v) is 8.99. The standard InChI is InChI=1S/C30H35ClN2O4/c1-4-36-27-17-15-23(20-28(27)37-5-2)16-18-29(34)33(21-24-13-9-10-14-25(24)31)26(30(35)32-3)19-22-11-7-6-8-12-22/h6-15,17,20,26H,4-5,16,18-19,21H2,1-3H3,(H,32,35)/t26-/m0/s1. The molecule has 0 radical (unpaired) electrons. The molecule has 196 valence electrons. The predicted molar refractivity (Wildman–Crippen MR) is 147 cm³/mol. The van der Waals surface area contributed by atoms with Crippen molar-refractivity contribution in [1.82, 2.24) is 10.2 Å². The van der Waals surface area contributed by atoms with E-state index in [2.05, 4.69) is 5.32 Å². The maximum atomic E-state index is 13.7. The Morgan fingerprint density at radius 1 is 0.892 bits per heavy atom. The van der Waals surface area contributed by atoms with Crippen molar-refractivity contribution < 1.29 is 19.1 Å². The lowest BCUT2D eigenvalue weighted by atomic mass is 10.0. The number of aryl methyl sites for hydroxylation is 1. The van der Waals surface area contributed by atoms with Crippen LogP contribution < -0.4 is 14.8 Å². The van der Waals surface area contributed by atoms with Crippen molar-refractivity contribution >= 4 is 23.4 Å². The van der Waals surface area contributed by atoms with E-state index in [-0.39, 0.29) is 24.8 Å². The third kappa shape index (κ3) is 7.99. The van der Waals surface area contributed by atoms with Gasteiger partial charge in [-0.2, -0.15) is 0 Å². The topological polar surface area (TPSA) is 67.9 Å². The van der Waals surface area contributed by atoms with Gasteiger partial charge in [-0.1, -0.05) is 66.2 Å². The fraction of sp³-hybridized carbons (Fsp3) is 0.333. The van der Waals surface area contributed by atoms with E-state index in [4.69, 9.17) is 21.1 Å². The van der Waals surface area contributed by atoms with Gasteiger partial charge in [0.15, 0.2) is 11.5 Å². The van der Waals surface area contributed by atoms with Crippen molar-refractivity contribution in [2.24, 2.45) is 0 Å². The third-order valence-electron chi connectivity index (χ3n) is 6.05. The summed E-state index contributed by atoms with van der Waals surface area (Å²) in [5.41, 5.74) is 2.72. The second kappa shape index (κ2) is 14.3. The molecule has 3 aromatic carbocycles. The lowest BCUT2D eigenvalue weighted by Crippen LogP contribution is -2.49. The van der Waals surface area contributed by atoms with Crippen LogP contribution in [0.15, 0.2) is 72.8 Å². The molecule has 0 spiro atoms. The van der Waals surface area contributed by atoms with E-state index in [1.807, 2.05) is 80.6 Å². The minimum absolute atomic E-state index is 0.128. The zero-order valence-corrected chi connectivity index (χ0v) is 22.5. The largest absolute Gasteiger partial charge is 0.490 e. The molecule has 0 aliphatic heterocycles. The van der Waals surface area contributed by atoms with Crippen molar-refractivity contribution in [1.29, 1.82) is 0 Å². The summed E-state index contributed by atoms with van der Waals surface area (Å²) in [4.78, 5) is 28.4. The zero-order chi connectivity index (χ0) is 26.6. The molecule has 7 heteroatoms.